The van der Waals surface area contributed by atoms with Crippen molar-refractivity contribution in [3.8, 4) is 17.2 Å². The molecule has 0 saturated heterocycles. The highest BCUT2D eigenvalue weighted by Crippen LogP contribution is 2.40. The predicted molar refractivity (Wildman–Crippen MR) is 51.0 cm³/mol. The molecule has 14 heavy (non-hydrogen) atoms. The zero-order chi connectivity index (χ0) is 10.1. The van der Waals surface area contributed by atoms with E-state index < -0.39 is 0 Å². The van der Waals surface area contributed by atoms with Gasteiger partial charge in [0.2, 0.25) is 5.75 Å². The van der Waals surface area contributed by atoms with E-state index >= 15 is 0 Å². The molecule has 2 aromatic rings. The van der Waals surface area contributed by atoms with E-state index in [0.717, 1.165) is 5.39 Å². The largest absolute Gasteiger partial charge is 0.504 e. The lowest BCUT2D eigenvalue weighted by Crippen LogP contribution is -1.88. The lowest BCUT2D eigenvalue weighted by molar-refractivity contribution is 0.365. The van der Waals surface area contributed by atoms with Crippen LogP contribution in [0.1, 0.15) is 0 Å². The van der Waals surface area contributed by atoms with E-state index in [9.17, 15) is 5.11 Å². The van der Waals surface area contributed by atoms with Crippen molar-refractivity contribution in [1.82, 2.24) is 0 Å². The van der Waals surface area contributed by atoms with Gasteiger partial charge in [-0.2, -0.15) is 0 Å². The number of ether oxygens (including phenoxy) is 2. The number of benzene rings is 1. The Kier molecular flexibility index (Phi) is 1.96. The number of furan rings is 1. The summed E-state index contributed by atoms with van der Waals surface area (Å²) in [6, 6.07) is 3.26. The Morgan fingerprint density at radius 2 is 2.07 bits per heavy atom. The highest BCUT2D eigenvalue weighted by molar-refractivity contribution is 5.91. The van der Waals surface area contributed by atoms with Crippen LogP contribution in [0.2, 0.25) is 0 Å². The van der Waals surface area contributed by atoms with Gasteiger partial charge >= 0.3 is 0 Å². The molecule has 0 atom stereocenters. The summed E-state index contributed by atoms with van der Waals surface area (Å²) in [6.07, 6.45) is 1.52. The molecule has 0 amide bonds. The van der Waals surface area contributed by atoms with E-state index in [1.165, 1.54) is 26.5 Å². The van der Waals surface area contributed by atoms with Crippen LogP contribution < -0.4 is 9.47 Å². The third-order valence-electron chi connectivity index (χ3n) is 2.06. The molecule has 1 N–H and O–H groups in total. The number of hydrogen-bond acceptors (Lipinski definition) is 4. The summed E-state index contributed by atoms with van der Waals surface area (Å²) in [7, 11) is 3.01. The molecule has 74 valence electrons. The van der Waals surface area contributed by atoms with Crippen LogP contribution in [0.3, 0.4) is 0 Å². The number of rotatable bonds is 2. The number of methoxy groups -OCH3 is 2. The van der Waals surface area contributed by atoms with E-state index in [1.807, 2.05) is 0 Å². The monoisotopic (exact) mass is 194 g/mol. The van der Waals surface area contributed by atoms with Crippen molar-refractivity contribution in [2.45, 2.75) is 0 Å². The third-order valence-corrected chi connectivity index (χ3v) is 2.06. The first-order valence-corrected chi connectivity index (χ1v) is 4.09. The average molecular weight is 194 g/mol. The Morgan fingerprint density at radius 1 is 1.29 bits per heavy atom. The van der Waals surface area contributed by atoms with E-state index in [2.05, 4.69) is 0 Å². The molecule has 0 spiro atoms. The molecule has 0 unspecified atom stereocenters. The van der Waals surface area contributed by atoms with Gasteiger partial charge in [0.15, 0.2) is 11.3 Å². The molecule has 1 aromatic heterocycles. The summed E-state index contributed by atoms with van der Waals surface area (Å²) < 4.78 is 15.3. The highest BCUT2D eigenvalue weighted by atomic mass is 16.5. The van der Waals surface area contributed by atoms with Crippen molar-refractivity contribution in [3.05, 3.63) is 18.4 Å². The van der Waals surface area contributed by atoms with Gasteiger partial charge in [0.05, 0.1) is 25.9 Å². The van der Waals surface area contributed by atoms with E-state index in [4.69, 9.17) is 13.9 Å². The standard InChI is InChI=1S/C10H10O4/c1-12-8-5-7(11)10(13-2)9-6(8)3-4-14-9/h3-5,11H,1-2H3. The highest BCUT2D eigenvalue weighted by Gasteiger charge is 2.14. The molecule has 0 fully saturated rings. The minimum Gasteiger partial charge on any atom is -0.504 e. The maximum Gasteiger partial charge on any atom is 0.204 e. The summed E-state index contributed by atoms with van der Waals surface area (Å²) in [5, 5.41) is 10.4. The zero-order valence-corrected chi connectivity index (χ0v) is 7.90. The van der Waals surface area contributed by atoms with Crippen LogP contribution in [0, 0.1) is 0 Å². The lowest BCUT2D eigenvalue weighted by Gasteiger charge is -2.07. The van der Waals surface area contributed by atoms with Gasteiger partial charge in [-0.25, -0.2) is 0 Å². The smallest absolute Gasteiger partial charge is 0.204 e. The van der Waals surface area contributed by atoms with Crippen LogP contribution in [-0.4, -0.2) is 19.3 Å². The van der Waals surface area contributed by atoms with Crippen LogP contribution >= 0.6 is 0 Å². The first-order valence-electron chi connectivity index (χ1n) is 4.09. The Balaban J connectivity index is 2.81. The number of phenols is 1. The van der Waals surface area contributed by atoms with Crippen molar-refractivity contribution in [1.29, 1.82) is 0 Å². The van der Waals surface area contributed by atoms with Gasteiger partial charge in [-0.1, -0.05) is 0 Å². The zero-order valence-electron chi connectivity index (χ0n) is 7.90. The van der Waals surface area contributed by atoms with Crippen molar-refractivity contribution in [2.75, 3.05) is 14.2 Å². The van der Waals surface area contributed by atoms with Crippen molar-refractivity contribution >= 4 is 11.0 Å². The lowest BCUT2D eigenvalue weighted by atomic mass is 10.2. The Bertz CT molecular complexity index is 458. The Morgan fingerprint density at radius 3 is 2.71 bits per heavy atom. The molecular weight excluding hydrogens is 184 g/mol. The van der Waals surface area contributed by atoms with Gasteiger partial charge in [0.1, 0.15) is 5.75 Å². The second-order valence-electron chi connectivity index (χ2n) is 2.79. The molecule has 1 aromatic carbocycles. The fraction of sp³-hybridized carbons (Fsp3) is 0.200. The molecule has 1 heterocycles. The molecule has 0 aliphatic carbocycles. The second kappa shape index (κ2) is 3.14. The molecule has 4 heteroatoms. The number of aromatic hydroxyl groups is 1. The average Bonchev–Trinajstić information content (AvgIpc) is 2.65. The predicted octanol–water partition coefficient (Wildman–Crippen LogP) is 2.16. The molecule has 0 radical (unpaired) electrons. The topological polar surface area (TPSA) is 51.8 Å². The minimum absolute atomic E-state index is 0.00630. The fourth-order valence-electron chi connectivity index (χ4n) is 1.43. The van der Waals surface area contributed by atoms with Gasteiger partial charge < -0.3 is 19.0 Å². The summed E-state index contributed by atoms with van der Waals surface area (Å²) in [6.45, 7) is 0. The normalized spacial score (nSPS) is 10.4. The molecular formula is C10H10O4. The van der Waals surface area contributed by atoms with Crippen LogP contribution in [0.15, 0.2) is 22.8 Å². The summed E-state index contributed by atoms with van der Waals surface area (Å²) in [5.41, 5.74) is 0.490. The first-order chi connectivity index (χ1) is 6.77. The fourth-order valence-corrected chi connectivity index (χ4v) is 1.43. The number of phenolic OH excluding ortho intramolecular Hbond substituents is 1. The first kappa shape index (κ1) is 8.74. The van der Waals surface area contributed by atoms with Crippen molar-refractivity contribution in [2.24, 2.45) is 0 Å². The molecule has 0 bridgehead atoms. The maximum absolute atomic E-state index is 9.57. The van der Waals surface area contributed by atoms with Crippen LogP contribution in [-0.2, 0) is 0 Å². The number of hydrogen-bond donors (Lipinski definition) is 1. The van der Waals surface area contributed by atoms with E-state index in [1.54, 1.807) is 6.07 Å². The summed E-state index contributed by atoms with van der Waals surface area (Å²) >= 11 is 0. The van der Waals surface area contributed by atoms with Crippen LogP contribution in [0.25, 0.3) is 11.0 Å². The van der Waals surface area contributed by atoms with Crippen molar-refractivity contribution in [3.63, 3.8) is 0 Å². The Labute approximate surface area is 80.7 Å². The maximum atomic E-state index is 9.57. The molecule has 2 rings (SSSR count). The van der Waals surface area contributed by atoms with Gasteiger partial charge in [0, 0.05) is 6.07 Å². The van der Waals surface area contributed by atoms with Gasteiger partial charge in [0.25, 0.3) is 0 Å². The van der Waals surface area contributed by atoms with Gasteiger partial charge in [-0.3, -0.25) is 0 Å². The Hall–Kier alpha value is -1.84. The minimum atomic E-state index is 0.00630. The summed E-state index contributed by atoms with van der Waals surface area (Å²) in [4.78, 5) is 0. The SMILES string of the molecule is COc1cc(O)c(OC)c2occc12. The van der Waals surface area contributed by atoms with Gasteiger partial charge in [-0.05, 0) is 6.07 Å². The van der Waals surface area contributed by atoms with Crippen LogP contribution in [0.4, 0.5) is 0 Å². The number of fused-ring (bicyclic) bond motifs is 1. The molecule has 0 aliphatic rings. The van der Waals surface area contributed by atoms with Crippen molar-refractivity contribution < 1.29 is 19.0 Å². The molecule has 0 aliphatic heterocycles. The van der Waals surface area contributed by atoms with Crippen LogP contribution in [0.5, 0.6) is 17.2 Å². The summed E-state index contributed by atoms with van der Waals surface area (Å²) in [5.74, 6) is 0.893. The van der Waals surface area contributed by atoms with E-state index in [0.29, 0.717) is 17.1 Å². The van der Waals surface area contributed by atoms with Gasteiger partial charge in [-0.15, -0.1) is 0 Å². The molecule has 4 nitrogen and oxygen atoms in total. The second-order valence-corrected chi connectivity index (χ2v) is 2.79. The third kappa shape index (κ3) is 1.08. The quantitative estimate of drug-likeness (QED) is 0.795. The van der Waals surface area contributed by atoms with E-state index in [-0.39, 0.29) is 5.75 Å². The molecule has 0 saturated carbocycles.